The van der Waals surface area contributed by atoms with E-state index >= 15 is 0 Å². The summed E-state index contributed by atoms with van der Waals surface area (Å²) in [6, 6.07) is 4.10. The number of nitro benzene ring substituents is 1. The van der Waals surface area contributed by atoms with Crippen molar-refractivity contribution in [2.45, 2.75) is 13.3 Å². The molecular weight excluding hydrogens is 261 g/mol. The third-order valence-electron chi connectivity index (χ3n) is 2.82. The number of rotatable bonds is 2. The van der Waals surface area contributed by atoms with Crippen LogP contribution >= 0.6 is 18.7 Å². The maximum Gasteiger partial charge on any atom is 0.270 e. The Bertz CT molecular complexity index is 568. The number of nitro groups is 1. The first-order valence-electron chi connectivity index (χ1n) is 5.14. The van der Waals surface area contributed by atoms with Crippen molar-refractivity contribution in [3.63, 3.8) is 0 Å². The zero-order chi connectivity index (χ0) is 12.6. The summed E-state index contributed by atoms with van der Waals surface area (Å²) in [6.45, 7) is 1.91. The van der Waals surface area contributed by atoms with E-state index in [0.29, 0.717) is 16.5 Å². The van der Waals surface area contributed by atoms with Crippen LogP contribution in [0, 0.1) is 10.1 Å². The summed E-state index contributed by atoms with van der Waals surface area (Å²) in [5, 5.41) is 11.5. The summed E-state index contributed by atoms with van der Waals surface area (Å²) >= 11 is 5.99. The predicted molar refractivity (Wildman–Crippen MR) is 68.6 cm³/mol. The molecule has 0 saturated heterocycles. The van der Waals surface area contributed by atoms with Gasteiger partial charge in [0.15, 0.2) is 0 Å². The Morgan fingerprint density at radius 1 is 1.47 bits per heavy atom. The van der Waals surface area contributed by atoms with Gasteiger partial charge in [-0.3, -0.25) is 10.1 Å². The van der Waals surface area contributed by atoms with Crippen LogP contribution in [0.3, 0.4) is 0 Å². The highest BCUT2D eigenvalue weighted by atomic mass is 35.5. The van der Waals surface area contributed by atoms with Crippen LogP contribution in [0.1, 0.15) is 13.3 Å². The number of hydrogen-bond acceptors (Lipinski definition) is 3. The van der Waals surface area contributed by atoms with E-state index in [1.54, 1.807) is 5.82 Å². The van der Waals surface area contributed by atoms with E-state index in [9.17, 15) is 14.7 Å². The van der Waals surface area contributed by atoms with Crippen LogP contribution < -0.4 is 5.30 Å². The Kier molecular flexibility index (Phi) is 3.11. The summed E-state index contributed by atoms with van der Waals surface area (Å²) in [5.41, 5.74) is 0.980. The summed E-state index contributed by atoms with van der Waals surface area (Å²) in [6.07, 6.45) is 1.27. The molecule has 0 spiro atoms. The molecule has 1 atom stereocenters. The zero-order valence-electron chi connectivity index (χ0n) is 9.22. The van der Waals surface area contributed by atoms with Gasteiger partial charge < -0.3 is 4.57 Å². The van der Waals surface area contributed by atoms with Gasteiger partial charge in [0.25, 0.3) is 5.69 Å². The number of nitrogens with zero attached hydrogens (tertiary/aromatic N) is 1. The standard InChI is InChI=1S/C11H11ClNO3P/c1-8-4-5-17(16,7-8)11-6-9(13(14)15)2-3-10(11)12/h2-3,6-7H,4-5H2,1H3. The van der Waals surface area contributed by atoms with E-state index in [2.05, 4.69) is 0 Å². The van der Waals surface area contributed by atoms with Crippen molar-refractivity contribution in [3.8, 4) is 0 Å². The second-order valence-corrected chi connectivity index (χ2v) is 7.32. The van der Waals surface area contributed by atoms with E-state index in [1.807, 2.05) is 6.92 Å². The first-order chi connectivity index (χ1) is 7.92. The molecule has 0 radical (unpaired) electrons. The quantitative estimate of drug-likeness (QED) is 0.469. The Hall–Kier alpha value is -1.12. The van der Waals surface area contributed by atoms with E-state index in [1.165, 1.54) is 18.2 Å². The molecule has 17 heavy (non-hydrogen) atoms. The van der Waals surface area contributed by atoms with Crippen LogP contribution in [0.2, 0.25) is 5.02 Å². The van der Waals surface area contributed by atoms with Gasteiger partial charge in [-0.1, -0.05) is 17.2 Å². The molecule has 1 aromatic carbocycles. The first-order valence-corrected chi connectivity index (χ1v) is 7.48. The van der Waals surface area contributed by atoms with E-state index < -0.39 is 12.1 Å². The number of halogens is 1. The van der Waals surface area contributed by atoms with Gasteiger partial charge in [0.2, 0.25) is 0 Å². The van der Waals surface area contributed by atoms with Gasteiger partial charge in [0.05, 0.1) is 9.95 Å². The van der Waals surface area contributed by atoms with Crippen molar-refractivity contribution in [3.05, 3.63) is 44.7 Å². The van der Waals surface area contributed by atoms with Crippen LogP contribution in [0.25, 0.3) is 0 Å². The number of benzene rings is 1. The van der Waals surface area contributed by atoms with Crippen molar-refractivity contribution in [2.75, 3.05) is 6.16 Å². The molecule has 1 heterocycles. The minimum Gasteiger partial charge on any atom is -0.314 e. The van der Waals surface area contributed by atoms with Crippen LogP contribution in [-0.2, 0) is 4.57 Å². The first kappa shape index (κ1) is 12.3. The lowest BCUT2D eigenvalue weighted by molar-refractivity contribution is -0.384. The highest BCUT2D eigenvalue weighted by Crippen LogP contribution is 2.54. The fourth-order valence-electron chi connectivity index (χ4n) is 1.92. The largest absolute Gasteiger partial charge is 0.314 e. The van der Waals surface area contributed by atoms with E-state index in [4.69, 9.17) is 11.6 Å². The van der Waals surface area contributed by atoms with Gasteiger partial charge in [-0.15, -0.1) is 0 Å². The number of non-ortho nitro benzene ring substituents is 1. The molecule has 0 saturated carbocycles. The second-order valence-electron chi connectivity index (χ2n) is 4.14. The molecule has 1 aliphatic rings. The molecule has 1 unspecified atom stereocenters. The summed E-state index contributed by atoms with van der Waals surface area (Å²) in [7, 11) is -2.68. The topological polar surface area (TPSA) is 60.2 Å². The van der Waals surface area contributed by atoms with Gasteiger partial charge in [0.1, 0.15) is 7.14 Å². The lowest BCUT2D eigenvalue weighted by Gasteiger charge is -2.11. The van der Waals surface area contributed by atoms with Gasteiger partial charge in [-0.2, -0.15) is 0 Å². The molecule has 1 aliphatic heterocycles. The molecule has 90 valence electrons. The third kappa shape index (κ3) is 2.28. The molecule has 0 aliphatic carbocycles. The molecule has 0 N–H and O–H groups in total. The maximum absolute atomic E-state index is 12.6. The minimum atomic E-state index is -2.68. The SMILES string of the molecule is CC1=CP(=O)(c2cc([N+](=O)[O-])ccc2Cl)CC1. The highest BCUT2D eigenvalue weighted by molar-refractivity contribution is 7.75. The van der Waals surface area contributed by atoms with Crippen molar-refractivity contribution >= 4 is 29.7 Å². The number of hydrogen-bond donors (Lipinski definition) is 0. The average Bonchev–Trinajstić information content (AvgIpc) is 2.60. The molecule has 4 nitrogen and oxygen atoms in total. The highest BCUT2D eigenvalue weighted by Gasteiger charge is 2.30. The monoisotopic (exact) mass is 271 g/mol. The van der Waals surface area contributed by atoms with E-state index in [0.717, 1.165) is 12.0 Å². The lowest BCUT2D eigenvalue weighted by Crippen LogP contribution is -2.07. The Morgan fingerprint density at radius 2 is 2.18 bits per heavy atom. The van der Waals surface area contributed by atoms with Crippen molar-refractivity contribution in [1.29, 1.82) is 0 Å². The molecule has 0 fully saturated rings. The fraction of sp³-hybridized carbons (Fsp3) is 0.273. The third-order valence-corrected chi connectivity index (χ3v) is 6.21. The maximum atomic E-state index is 12.6. The normalized spacial score (nSPS) is 23.5. The van der Waals surface area contributed by atoms with Crippen LogP contribution in [0.15, 0.2) is 29.6 Å². The van der Waals surface area contributed by atoms with Gasteiger partial charge in [-0.25, -0.2) is 0 Å². The molecule has 0 aromatic heterocycles. The summed E-state index contributed by atoms with van der Waals surface area (Å²) in [5.74, 6) is 1.72. The fourth-order valence-corrected chi connectivity index (χ4v) is 5.29. The second kappa shape index (κ2) is 4.28. The van der Waals surface area contributed by atoms with Crippen molar-refractivity contribution < 1.29 is 9.49 Å². The van der Waals surface area contributed by atoms with Gasteiger partial charge >= 0.3 is 0 Å². The van der Waals surface area contributed by atoms with Crippen LogP contribution in [-0.4, -0.2) is 11.1 Å². The Labute approximate surface area is 104 Å². The van der Waals surface area contributed by atoms with Crippen molar-refractivity contribution in [2.24, 2.45) is 0 Å². The van der Waals surface area contributed by atoms with E-state index in [-0.39, 0.29) is 5.69 Å². The molecule has 2 rings (SSSR count). The molecular formula is C11H11ClNO3P. The summed E-state index contributed by atoms with van der Waals surface area (Å²) in [4.78, 5) is 10.2. The molecule has 1 aromatic rings. The number of allylic oxidation sites excluding steroid dienone is 1. The molecule has 0 amide bonds. The average molecular weight is 272 g/mol. The van der Waals surface area contributed by atoms with Crippen LogP contribution in [0.5, 0.6) is 0 Å². The smallest absolute Gasteiger partial charge is 0.270 e. The lowest BCUT2D eigenvalue weighted by atomic mass is 10.3. The predicted octanol–water partition coefficient (Wildman–Crippen LogP) is 3.54. The Balaban J connectivity index is 2.56. The molecule has 6 heteroatoms. The summed E-state index contributed by atoms with van der Waals surface area (Å²) < 4.78 is 12.6. The minimum absolute atomic E-state index is 0.0717. The zero-order valence-corrected chi connectivity index (χ0v) is 10.9. The van der Waals surface area contributed by atoms with Crippen molar-refractivity contribution in [1.82, 2.24) is 0 Å². The Morgan fingerprint density at radius 3 is 2.71 bits per heavy atom. The molecule has 0 bridgehead atoms. The van der Waals surface area contributed by atoms with Gasteiger partial charge in [0, 0.05) is 23.6 Å². The van der Waals surface area contributed by atoms with Gasteiger partial charge in [-0.05, 0) is 25.2 Å². The van der Waals surface area contributed by atoms with Crippen LogP contribution in [0.4, 0.5) is 5.69 Å².